The van der Waals surface area contributed by atoms with Crippen molar-refractivity contribution in [2.75, 3.05) is 45.4 Å². The van der Waals surface area contributed by atoms with Gasteiger partial charge in [0.15, 0.2) is 6.10 Å². The van der Waals surface area contributed by atoms with Gasteiger partial charge in [-0.05, 0) is 32.9 Å². The molecule has 2 atom stereocenters. The summed E-state index contributed by atoms with van der Waals surface area (Å²) in [6.45, 7) is 10.2. The molecule has 1 aliphatic heterocycles. The van der Waals surface area contributed by atoms with E-state index in [1.165, 1.54) is 16.7 Å². The van der Waals surface area contributed by atoms with Gasteiger partial charge in [0.05, 0.1) is 19.3 Å². The van der Waals surface area contributed by atoms with Crippen LogP contribution in [0.25, 0.3) is 0 Å². The second-order valence-corrected chi connectivity index (χ2v) is 7.51. The number of hydrogen-bond acceptors (Lipinski definition) is 7. The highest BCUT2D eigenvalue weighted by Gasteiger charge is 2.28. The Hall–Kier alpha value is -2.90. The number of cyclic esters (lactones) is 2. The van der Waals surface area contributed by atoms with Crippen molar-refractivity contribution in [3.8, 4) is 0 Å². The van der Waals surface area contributed by atoms with Crippen LogP contribution in [-0.4, -0.2) is 65.7 Å². The molecule has 1 aliphatic rings. The molecule has 7 heteroatoms. The lowest BCUT2D eigenvalue weighted by Crippen LogP contribution is -2.41. The number of anilines is 1. The lowest BCUT2D eigenvalue weighted by molar-refractivity contribution is -0.0980. The van der Waals surface area contributed by atoms with Gasteiger partial charge in [-0.15, -0.1) is 0 Å². The van der Waals surface area contributed by atoms with Crippen molar-refractivity contribution < 1.29 is 28.5 Å². The number of hydrogen-bond donors (Lipinski definition) is 0. The van der Waals surface area contributed by atoms with Crippen LogP contribution in [0, 0.1) is 20.8 Å². The van der Waals surface area contributed by atoms with Gasteiger partial charge in [-0.3, -0.25) is 0 Å². The Balaban J connectivity index is 0.000000427. The average Bonchev–Trinajstić information content (AvgIpc) is 3.22. The summed E-state index contributed by atoms with van der Waals surface area (Å²) in [4.78, 5) is 21.2. The van der Waals surface area contributed by atoms with Gasteiger partial charge in [-0.25, -0.2) is 4.79 Å². The van der Waals surface area contributed by atoms with E-state index in [1.807, 2.05) is 25.8 Å². The maximum atomic E-state index is 11.1. The van der Waals surface area contributed by atoms with Crippen molar-refractivity contribution in [3.05, 3.63) is 65.2 Å². The predicted molar refractivity (Wildman–Crippen MR) is 125 cm³/mol. The molecule has 2 unspecified atom stereocenters. The molecule has 0 aromatic heterocycles. The summed E-state index contributed by atoms with van der Waals surface area (Å²) >= 11 is 0. The number of rotatable bonds is 8. The number of methoxy groups -OCH3 is 2. The predicted octanol–water partition coefficient (Wildman–Crippen LogP) is 4.12. The Labute approximate surface area is 191 Å². The highest BCUT2D eigenvalue weighted by Crippen LogP contribution is 2.19. The molecule has 176 valence electrons. The second kappa shape index (κ2) is 15.0. The molecule has 0 saturated carbocycles. The zero-order chi connectivity index (χ0) is 23.9. The maximum Gasteiger partial charge on any atom is 0.508 e. The number of aryl methyl sites for hydroxylation is 3. The Morgan fingerprint density at radius 1 is 0.969 bits per heavy atom. The van der Waals surface area contributed by atoms with E-state index in [-0.39, 0.29) is 18.8 Å². The topological polar surface area (TPSA) is 74.3 Å². The molecular formula is C25H35NO6. The first-order valence-electron chi connectivity index (χ1n) is 10.4. The summed E-state index contributed by atoms with van der Waals surface area (Å²) in [7, 11) is 3.31. The summed E-state index contributed by atoms with van der Waals surface area (Å²) < 4.78 is 20.6. The molecule has 0 amide bonds. The minimum Gasteiger partial charge on any atom is -0.430 e. The molecule has 1 saturated heterocycles. The monoisotopic (exact) mass is 445 g/mol. The molecule has 32 heavy (non-hydrogen) atoms. The molecule has 0 spiro atoms. The average molecular weight is 446 g/mol. The largest absolute Gasteiger partial charge is 0.508 e. The summed E-state index contributed by atoms with van der Waals surface area (Å²) in [5.41, 5.74) is 4.90. The lowest BCUT2D eigenvalue weighted by Gasteiger charge is -2.29. The fourth-order valence-electron chi connectivity index (χ4n) is 3.01. The third-order valence-electron chi connectivity index (χ3n) is 4.80. The lowest BCUT2D eigenvalue weighted by atomic mass is 10.2. The summed E-state index contributed by atoms with van der Waals surface area (Å²) in [5, 5.41) is 0. The number of benzene rings is 2. The molecule has 3 rings (SSSR count). The first kappa shape index (κ1) is 27.1. The third-order valence-corrected chi connectivity index (χ3v) is 4.80. The van der Waals surface area contributed by atoms with Crippen LogP contribution in [0.5, 0.6) is 0 Å². The van der Waals surface area contributed by atoms with Crippen molar-refractivity contribution in [1.82, 2.24) is 0 Å². The Morgan fingerprint density at radius 3 is 1.88 bits per heavy atom. The number of nitrogens with zero attached hydrogens (tertiary/aromatic N) is 1. The van der Waals surface area contributed by atoms with Crippen LogP contribution in [0.1, 0.15) is 16.7 Å². The van der Waals surface area contributed by atoms with Crippen LogP contribution in [0.3, 0.4) is 0 Å². The summed E-state index contributed by atoms with van der Waals surface area (Å²) in [5.74, 6) is 0. The van der Waals surface area contributed by atoms with E-state index < -0.39 is 6.16 Å². The highest BCUT2D eigenvalue weighted by atomic mass is 16.8. The number of ether oxygens (including phenoxy) is 4. The van der Waals surface area contributed by atoms with Crippen LogP contribution in [0.15, 0.2) is 48.5 Å². The van der Waals surface area contributed by atoms with Gasteiger partial charge in [0.1, 0.15) is 13.4 Å². The van der Waals surface area contributed by atoms with Gasteiger partial charge in [-0.2, -0.15) is 0 Å². The minimum absolute atomic E-state index is 0.0654. The van der Waals surface area contributed by atoms with Crippen molar-refractivity contribution >= 4 is 18.6 Å². The van der Waals surface area contributed by atoms with Gasteiger partial charge < -0.3 is 28.6 Å². The molecule has 0 bridgehead atoms. The van der Waals surface area contributed by atoms with Gasteiger partial charge in [0.25, 0.3) is 0 Å². The van der Waals surface area contributed by atoms with Crippen LogP contribution in [0.4, 0.5) is 10.5 Å². The third kappa shape index (κ3) is 9.94. The maximum absolute atomic E-state index is 11.1. The highest BCUT2D eigenvalue weighted by molar-refractivity contribution is 5.62. The zero-order valence-corrected chi connectivity index (χ0v) is 19.7. The van der Waals surface area contributed by atoms with E-state index in [2.05, 4.69) is 55.1 Å². The molecule has 7 nitrogen and oxygen atoms in total. The van der Waals surface area contributed by atoms with Gasteiger partial charge in [-0.1, -0.05) is 53.1 Å². The van der Waals surface area contributed by atoms with Crippen LogP contribution in [0.2, 0.25) is 0 Å². The molecule has 0 radical (unpaired) electrons. The summed E-state index contributed by atoms with van der Waals surface area (Å²) in [6.07, 6.45) is -0.938. The Morgan fingerprint density at radius 2 is 1.47 bits per heavy atom. The number of carbonyl (C=O) groups is 2. The molecule has 1 heterocycles. The van der Waals surface area contributed by atoms with E-state index >= 15 is 0 Å². The molecule has 1 fully saturated rings. The smallest absolute Gasteiger partial charge is 0.430 e. The van der Waals surface area contributed by atoms with E-state index in [1.54, 1.807) is 14.2 Å². The fraction of sp³-hybridized carbons (Fsp3) is 0.440. The van der Waals surface area contributed by atoms with Crippen molar-refractivity contribution in [2.24, 2.45) is 0 Å². The second-order valence-electron chi connectivity index (χ2n) is 7.51. The first-order chi connectivity index (χ1) is 15.4. The zero-order valence-electron chi connectivity index (χ0n) is 19.7. The molecule has 0 N–H and O–H groups in total. The van der Waals surface area contributed by atoms with Crippen molar-refractivity contribution in [3.63, 3.8) is 0 Å². The fourth-order valence-corrected chi connectivity index (χ4v) is 3.01. The molecule has 0 aliphatic carbocycles. The van der Waals surface area contributed by atoms with Crippen LogP contribution < -0.4 is 4.90 Å². The quantitative estimate of drug-likeness (QED) is 0.566. The Kier molecular flexibility index (Phi) is 12.7. The standard InChI is InChI=1S/C16H23NO5.C8H10.CH2O/c1-12-4-6-13(7-5-12)17(8-14(20-3)10-19-2)9-15-11-21-16(18)22-15;1-7-3-5-8(2)6-4-7;1-2/h4-7,14-15H,8-11H2,1-3H3;3-6H,1-2H3;1H2. The van der Waals surface area contributed by atoms with Gasteiger partial charge in [0, 0.05) is 26.5 Å². The summed E-state index contributed by atoms with van der Waals surface area (Å²) in [6, 6.07) is 16.7. The van der Waals surface area contributed by atoms with E-state index in [0.717, 1.165) is 5.69 Å². The Bertz CT molecular complexity index is 757. The van der Waals surface area contributed by atoms with Gasteiger partial charge in [0.2, 0.25) is 0 Å². The normalized spacial score (nSPS) is 15.3. The van der Waals surface area contributed by atoms with Crippen molar-refractivity contribution in [1.29, 1.82) is 0 Å². The van der Waals surface area contributed by atoms with Gasteiger partial charge >= 0.3 is 6.16 Å². The van der Waals surface area contributed by atoms with E-state index in [9.17, 15) is 4.79 Å². The number of carbonyl (C=O) groups excluding carboxylic acids is 2. The van der Waals surface area contributed by atoms with E-state index in [4.69, 9.17) is 23.7 Å². The van der Waals surface area contributed by atoms with E-state index in [0.29, 0.717) is 19.7 Å². The minimum atomic E-state index is -0.603. The molecular weight excluding hydrogens is 410 g/mol. The SMILES string of the molecule is C=O.COCC(CN(CC1COC(=O)O1)c1ccc(C)cc1)OC.Cc1ccc(C)cc1. The molecule has 2 aromatic carbocycles. The van der Waals surface area contributed by atoms with Crippen LogP contribution in [-0.2, 0) is 23.7 Å². The van der Waals surface area contributed by atoms with Crippen LogP contribution >= 0.6 is 0 Å². The first-order valence-corrected chi connectivity index (χ1v) is 10.4. The van der Waals surface area contributed by atoms with Crippen molar-refractivity contribution in [2.45, 2.75) is 33.0 Å². The molecule has 2 aromatic rings.